The average Bonchev–Trinajstić information content (AvgIpc) is 2.31. The van der Waals surface area contributed by atoms with Crippen LogP contribution < -0.4 is 0 Å². The maximum atomic E-state index is 13.4. The standard InChI is InChI=1S/C7F16O4S/c8-1(2(9,10)11,26-6(20,21)3(12,13)14)5(18,19)27-7(22,4(15,16)17)28(23,24)25. The van der Waals surface area contributed by atoms with Gasteiger partial charge in [0.1, 0.15) is 0 Å². The Bertz CT molecular complexity index is 675. The van der Waals surface area contributed by atoms with Gasteiger partial charge in [-0.1, -0.05) is 3.89 Å². The number of hydrogen-bond acceptors (Lipinski definition) is 4. The Labute approximate surface area is 141 Å². The van der Waals surface area contributed by atoms with Crippen molar-refractivity contribution in [1.29, 1.82) is 0 Å². The first-order valence-electron chi connectivity index (χ1n) is 5.34. The third kappa shape index (κ3) is 4.49. The fourth-order valence-electron chi connectivity index (χ4n) is 0.993. The molecule has 28 heavy (non-hydrogen) atoms. The van der Waals surface area contributed by atoms with Gasteiger partial charge in [0.25, 0.3) is 0 Å². The van der Waals surface area contributed by atoms with Crippen molar-refractivity contribution in [1.82, 2.24) is 0 Å². The second-order valence-electron chi connectivity index (χ2n) is 4.30. The van der Waals surface area contributed by atoms with Gasteiger partial charge in [-0.05, 0) is 0 Å². The predicted octanol–water partition coefficient (Wildman–Crippen LogP) is 4.48. The molecule has 0 fully saturated rings. The average molecular weight is 484 g/mol. The lowest BCUT2D eigenvalue weighted by molar-refractivity contribution is -0.542. The van der Waals surface area contributed by atoms with Gasteiger partial charge in [-0.2, -0.15) is 74.3 Å². The Hall–Kier alpha value is -1.25. The Kier molecular flexibility index (Phi) is 6.34. The second-order valence-corrected chi connectivity index (χ2v) is 5.70. The van der Waals surface area contributed by atoms with Crippen molar-refractivity contribution in [2.45, 2.75) is 41.8 Å². The van der Waals surface area contributed by atoms with Crippen LogP contribution in [0.15, 0.2) is 0 Å². The molecule has 21 heteroatoms. The highest BCUT2D eigenvalue weighted by Gasteiger charge is 2.84. The molecule has 0 rings (SSSR count). The van der Waals surface area contributed by atoms with E-state index in [-0.39, 0.29) is 0 Å². The van der Waals surface area contributed by atoms with Crippen molar-refractivity contribution >= 4 is 10.2 Å². The Balaban J connectivity index is 6.62. The van der Waals surface area contributed by atoms with E-state index in [1.54, 1.807) is 0 Å². The molecule has 0 radical (unpaired) electrons. The summed E-state index contributed by atoms with van der Waals surface area (Å²) in [5.41, 5.74) is 0. The van der Waals surface area contributed by atoms with Crippen LogP contribution in [0.5, 0.6) is 0 Å². The van der Waals surface area contributed by atoms with Crippen LogP contribution in [0.3, 0.4) is 0 Å². The molecule has 0 spiro atoms. The van der Waals surface area contributed by atoms with Crippen molar-refractivity contribution in [3.05, 3.63) is 0 Å². The second kappa shape index (κ2) is 6.64. The summed E-state index contributed by atoms with van der Waals surface area (Å²) in [6, 6.07) is 0. The van der Waals surface area contributed by atoms with Gasteiger partial charge >= 0.3 is 52.0 Å². The Morgan fingerprint density at radius 1 is 0.500 bits per heavy atom. The molecule has 0 aliphatic rings. The normalized spacial score (nSPS) is 19.9. The van der Waals surface area contributed by atoms with Crippen molar-refractivity contribution in [2.75, 3.05) is 0 Å². The van der Waals surface area contributed by atoms with Crippen molar-refractivity contribution in [3.8, 4) is 0 Å². The highest BCUT2D eigenvalue weighted by atomic mass is 32.3. The smallest absolute Gasteiger partial charge is 0.260 e. The van der Waals surface area contributed by atoms with Gasteiger partial charge in [-0.3, -0.25) is 9.47 Å². The lowest BCUT2D eigenvalue weighted by Gasteiger charge is -2.38. The van der Waals surface area contributed by atoms with Crippen molar-refractivity contribution in [2.24, 2.45) is 0 Å². The summed E-state index contributed by atoms with van der Waals surface area (Å²) in [7, 11) is -8.23. The third-order valence-corrected chi connectivity index (χ3v) is 3.19. The number of alkyl halides is 15. The molecule has 0 aromatic carbocycles. The molecule has 0 saturated carbocycles. The third-order valence-electron chi connectivity index (χ3n) is 2.25. The lowest BCUT2D eigenvalue weighted by atomic mass is 10.2. The van der Waals surface area contributed by atoms with Gasteiger partial charge in [0.2, 0.25) is 0 Å². The van der Waals surface area contributed by atoms with Crippen LogP contribution >= 0.6 is 0 Å². The minimum absolute atomic E-state index is 1.21. The highest BCUT2D eigenvalue weighted by Crippen LogP contribution is 2.55. The van der Waals surface area contributed by atoms with E-state index >= 15 is 0 Å². The largest absolute Gasteiger partial charge is 0.483 e. The zero-order valence-electron chi connectivity index (χ0n) is 11.6. The quantitative estimate of drug-likeness (QED) is 0.413. The fraction of sp³-hybridized carbons (Fsp3) is 1.00. The molecule has 0 aliphatic carbocycles. The first-order valence-corrected chi connectivity index (χ1v) is 6.73. The number of hydrogen-bond donors (Lipinski definition) is 0. The SMILES string of the molecule is O=S(=O)(F)C(F)(OC(F)(F)C(F)(OC(F)(F)C(F)(F)F)C(F)(F)F)C(F)(F)F. The number of halogens is 16. The van der Waals surface area contributed by atoms with Crippen molar-refractivity contribution in [3.63, 3.8) is 0 Å². The molecule has 4 nitrogen and oxygen atoms in total. The molecule has 0 aromatic rings. The molecule has 0 N–H and O–H groups in total. The van der Waals surface area contributed by atoms with Crippen LogP contribution in [0.4, 0.5) is 69.7 Å². The van der Waals surface area contributed by atoms with Gasteiger partial charge in [-0.15, -0.1) is 0 Å². The van der Waals surface area contributed by atoms with Gasteiger partial charge in [-0.25, -0.2) is 0 Å². The van der Waals surface area contributed by atoms with Gasteiger partial charge in [0.15, 0.2) is 0 Å². The van der Waals surface area contributed by atoms with E-state index < -0.39 is 52.0 Å². The van der Waals surface area contributed by atoms with E-state index in [4.69, 9.17) is 0 Å². The van der Waals surface area contributed by atoms with E-state index in [1.165, 1.54) is 9.47 Å². The molecule has 0 aromatic heterocycles. The topological polar surface area (TPSA) is 52.6 Å². The zero-order valence-corrected chi connectivity index (χ0v) is 12.4. The van der Waals surface area contributed by atoms with Gasteiger partial charge < -0.3 is 0 Å². The summed E-state index contributed by atoms with van der Waals surface area (Å²) in [5.74, 6) is -7.98. The molecule has 2 atom stereocenters. The van der Waals surface area contributed by atoms with E-state index in [1.807, 2.05) is 0 Å². The maximum absolute atomic E-state index is 13.4. The van der Waals surface area contributed by atoms with Crippen LogP contribution in [-0.4, -0.2) is 50.2 Å². The molecule has 170 valence electrons. The summed E-state index contributed by atoms with van der Waals surface area (Å²) >= 11 is 0. The number of ether oxygens (including phenoxy) is 2. The van der Waals surface area contributed by atoms with Crippen LogP contribution in [0.25, 0.3) is 0 Å². The zero-order chi connectivity index (χ0) is 23.4. The summed E-state index contributed by atoms with van der Waals surface area (Å²) in [5, 5.41) is -7.55. The first-order chi connectivity index (χ1) is 11.7. The molecule has 0 bridgehead atoms. The summed E-state index contributed by atoms with van der Waals surface area (Å²) < 4.78 is 221. The van der Waals surface area contributed by atoms with E-state index in [9.17, 15) is 78.2 Å². The fourth-order valence-corrected chi connectivity index (χ4v) is 1.47. The molecular weight excluding hydrogens is 484 g/mol. The molecule has 2 unspecified atom stereocenters. The Morgan fingerprint density at radius 2 is 0.857 bits per heavy atom. The minimum Gasteiger partial charge on any atom is -0.260 e. The molecule has 0 aliphatic heterocycles. The monoisotopic (exact) mass is 484 g/mol. The van der Waals surface area contributed by atoms with Crippen LogP contribution in [-0.2, 0) is 19.7 Å². The van der Waals surface area contributed by atoms with Gasteiger partial charge in [0.05, 0.1) is 0 Å². The van der Waals surface area contributed by atoms with Crippen LogP contribution in [0.1, 0.15) is 0 Å². The summed E-state index contributed by atoms with van der Waals surface area (Å²) in [6.45, 7) is 0. The maximum Gasteiger partial charge on any atom is 0.483 e. The van der Waals surface area contributed by atoms with Gasteiger partial charge in [0, 0.05) is 0 Å². The van der Waals surface area contributed by atoms with E-state index in [2.05, 4.69) is 0 Å². The molecule has 0 amide bonds. The summed E-state index contributed by atoms with van der Waals surface area (Å²) in [6.07, 6.45) is -38.4. The highest BCUT2D eigenvalue weighted by molar-refractivity contribution is 7.87. The first kappa shape index (κ1) is 26.8. The Morgan fingerprint density at radius 3 is 1.07 bits per heavy atom. The summed E-state index contributed by atoms with van der Waals surface area (Å²) in [4.78, 5) is 0. The molecular formula is C7F16O4S. The lowest BCUT2D eigenvalue weighted by Crippen LogP contribution is -2.66. The number of rotatable bonds is 6. The van der Waals surface area contributed by atoms with Crippen LogP contribution in [0.2, 0.25) is 0 Å². The molecule has 0 saturated heterocycles. The molecule has 0 heterocycles. The van der Waals surface area contributed by atoms with Crippen molar-refractivity contribution < 1.29 is 87.6 Å². The van der Waals surface area contributed by atoms with Crippen LogP contribution in [0, 0.1) is 0 Å². The minimum atomic E-state index is -8.23. The predicted molar refractivity (Wildman–Crippen MR) is 47.9 cm³/mol. The van der Waals surface area contributed by atoms with E-state index in [0.29, 0.717) is 0 Å². The van der Waals surface area contributed by atoms with E-state index in [0.717, 1.165) is 0 Å².